The summed E-state index contributed by atoms with van der Waals surface area (Å²) >= 11 is 3.56. The lowest BCUT2D eigenvalue weighted by Crippen LogP contribution is -2.50. The molecule has 4 nitrogen and oxygen atoms in total. The van der Waals surface area contributed by atoms with Crippen LogP contribution in [0.25, 0.3) is 0 Å². The molecule has 0 spiro atoms. The molecule has 118 valence electrons. The Morgan fingerprint density at radius 1 is 1.48 bits per heavy atom. The van der Waals surface area contributed by atoms with Crippen LogP contribution in [0.4, 0.5) is 5.69 Å². The highest BCUT2D eigenvalue weighted by atomic mass is 79.9. The molecule has 1 aliphatic rings. The van der Waals surface area contributed by atoms with Gasteiger partial charge in [-0.3, -0.25) is 0 Å². The molecule has 0 saturated carbocycles. The van der Waals surface area contributed by atoms with Crippen molar-refractivity contribution in [2.24, 2.45) is 0 Å². The number of aliphatic hydroxyl groups excluding tert-OH is 1. The van der Waals surface area contributed by atoms with Crippen molar-refractivity contribution in [2.45, 2.75) is 39.0 Å². The molecule has 21 heavy (non-hydrogen) atoms. The van der Waals surface area contributed by atoms with E-state index in [1.807, 2.05) is 0 Å². The average molecular weight is 357 g/mol. The largest absolute Gasteiger partial charge is 0.394 e. The highest BCUT2D eigenvalue weighted by Gasteiger charge is 2.27. The van der Waals surface area contributed by atoms with E-state index in [0.717, 1.165) is 30.5 Å². The molecule has 1 heterocycles. The van der Waals surface area contributed by atoms with Crippen LogP contribution >= 0.6 is 15.9 Å². The van der Waals surface area contributed by atoms with Gasteiger partial charge in [0.05, 0.1) is 19.3 Å². The number of ether oxygens (including phenoxy) is 1. The molecule has 1 aromatic rings. The zero-order valence-corrected chi connectivity index (χ0v) is 14.4. The molecule has 0 bridgehead atoms. The molecule has 2 rings (SSSR count). The van der Waals surface area contributed by atoms with Crippen LogP contribution in [0.2, 0.25) is 0 Å². The van der Waals surface area contributed by atoms with Crippen molar-refractivity contribution in [3.05, 3.63) is 28.2 Å². The highest BCUT2D eigenvalue weighted by Crippen LogP contribution is 2.28. The average Bonchev–Trinajstić information content (AvgIpc) is 2.49. The van der Waals surface area contributed by atoms with Gasteiger partial charge >= 0.3 is 0 Å². The van der Waals surface area contributed by atoms with E-state index in [0.29, 0.717) is 12.6 Å². The first kappa shape index (κ1) is 16.7. The van der Waals surface area contributed by atoms with Gasteiger partial charge in [0.1, 0.15) is 0 Å². The molecule has 0 aromatic heterocycles. The third kappa shape index (κ3) is 4.42. The molecule has 1 saturated heterocycles. The number of morpholine rings is 1. The Balaban J connectivity index is 2.19. The summed E-state index contributed by atoms with van der Waals surface area (Å²) in [6.07, 6.45) is 1.03. The zero-order valence-electron chi connectivity index (χ0n) is 12.8. The maximum Gasteiger partial charge on any atom is 0.0981 e. The van der Waals surface area contributed by atoms with Gasteiger partial charge in [-0.1, -0.05) is 22.9 Å². The number of benzene rings is 1. The Hall–Kier alpha value is -0.620. The van der Waals surface area contributed by atoms with E-state index in [-0.39, 0.29) is 12.7 Å². The quantitative estimate of drug-likeness (QED) is 0.768. The minimum absolute atomic E-state index is 0.0726. The van der Waals surface area contributed by atoms with Gasteiger partial charge in [-0.25, -0.2) is 0 Å². The van der Waals surface area contributed by atoms with E-state index in [9.17, 15) is 5.11 Å². The second-order valence-electron chi connectivity index (χ2n) is 5.59. The Morgan fingerprint density at radius 3 is 3.00 bits per heavy atom. The van der Waals surface area contributed by atoms with Crippen LogP contribution in [0.3, 0.4) is 0 Å². The maximum atomic E-state index is 9.36. The van der Waals surface area contributed by atoms with E-state index < -0.39 is 0 Å². The molecule has 1 fully saturated rings. The van der Waals surface area contributed by atoms with Crippen molar-refractivity contribution in [3.63, 3.8) is 0 Å². The Labute approximate surface area is 135 Å². The lowest BCUT2D eigenvalue weighted by atomic mass is 10.1. The first-order valence-corrected chi connectivity index (χ1v) is 8.43. The van der Waals surface area contributed by atoms with Crippen LogP contribution < -0.4 is 10.2 Å². The summed E-state index contributed by atoms with van der Waals surface area (Å²) < 4.78 is 6.73. The van der Waals surface area contributed by atoms with Crippen molar-refractivity contribution in [2.75, 3.05) is 31.2 Å². The summed E-state index contributed by atoms with van der Waals surface area (Å²) in [4.78, 5) is 2.35. The van der Waals surface area contributed by atoms with Crippen molar-refractivity contribution < 1.29 is 9.84 Å². The molecular formula is C16H25BrN2O2. The van der Waals surface area contributed by atoms with Crippen LogP contribution in [0.5, 0.6) is 0 Å². The molecule has 5 heteroatoms. The number of halogens is 1. The maximum absolute atomic E-state index is 9.36. The van der Waals surface area contributed by atoms with E-state index in [4.69, 9.17) is 4.74 Å². The molecule has 1 aliphatic heterocycles. The number of hydrogen-bond acceptors (Lipinski definition) is 4. The summed E-state index contributed by atoms with van der Waals surface area (Å²) in [5.41, 5.74) is 2.51. The normalized spacial score (nSPS) is 22.6. The van der Waals surface area contributed by atoms with E-state index in [2.05, 4.69) is 58.2 Å². The fraction of sp³-hybridized carbons (Fsp3) is 0.625. The Kier molecular flexibility index (Phi) is 6.48. The molecule has 2 unspecified atom stereocenters. The van der Waals surface area contributed by atoms with Gasteiger partial charge in [0.2, 0.25) is 0 Å². The number of rotatable bonds is 6. The molecule has 0 aliphatic carbocycles. The monoisotopic (exact) mass is 356 g/mol. The number of aliphatic hydroxyl groups is 1. The SMILES string of the molecule is CCCNCc1cc(Br)ccc1N1CC(CO)OCC1C. The molecule has 1 aromatic carbocycles. The number of nitrogens with one attached hydrogen (secondary N) is 1. The standard InChI is InChI=1S/C16H25BrN2O2/c1-3-6-18-8-13-7-14(17)4-5-16(13)19-9-15(10-20)21-11-12(19)2/h4-5,7,12,15,18,20H,3,6,8-11H2,1-2H3. The van der Waals surface area contributed by atoms with Crippen LogP contribution in [0.1, 0.15) is 25.8 Å². The second kappa shape index (κ2) is 8.13. The molecule has 0 amide bonds. The van der Waals surface area contributed by atoms with Crippen LogP contribution in [0.15, 0.2) is 22.7 Å². The predicted octanol–water partition coefficient (Wildman–Crippen LogP) is 2.53. The third-order valence-corrected chi connectivity index (χ3v) is 4.30. The van der Waals surface area contributed by atoms with E-state index in [1.54, 1.807) is 0 Å². The summed E-state index contributed by atoms with van der Waals surface area (Å²) in [7, 11) is 0. The van der Waals surface area contributed by atoms with Crippen LogP contribution in [0, 0.1) is 0 Å². The number of anilines is 1. The first-order chi connectivity index (χ1) is 10.2. The fourth-order valence-electron chi connectivity index (χ4n) is 2.64. The Morgan fingerprint density at radius 2 is 2.29 bits per heavy atom. The summed E-state index contributed by atoms with van der Waals surface area (Å²) in [5.74, 6) is 0. The van der Waals surface area contributed by atoms with E-state index >= 15 is 0 Å². The Bertz CT molecular complexity index is 456. The predicted molar refractivity (Wildman–Crippen MR) is 89.8 cm³/mol. The molecule has 2 N–H and O–H groups in total. The minimum Gasteiger partial charge on any atom is -0.394 e. The first-order valence-electron chi connectivity index (χ1n) is 7.64. The topological polar surface area (TPSA) is 44.7 Å². The van der Waals surface area contributed by atoms with Crippen molar-refractivity contribution in [1.29, 1.82) is 0 Å². The zero-order chi connectivity index (χ0) is 15.2. The van der Waals surface area contributed by atoms with Crippen molar-refractivity contribution in [3.8, 4) is 0 Å². The van der Waals surface area contributed by atoms with Crippen LogP contribution in [-0.2, 0) is 11.3 Å². The third-order valence-electron chi connectivity index (χ3n) is 3.80. The minimum atomic E-state index is -0.0960. The lowest BCUT2D eigenvalue weighted by Gasteiger charge is -2.40. The number of hydrogen-bond donors (Lipinski definition) is 2. The van der Waals surface area contributed by atoms with Gasteiger partial charge in [0.25, 0.3) is 0 Å². The smallest absolute Gasteiger partial charge is 0.0981 e. The second-order valence-corrected chi connectivity index (χ2v) is 6.50. The fourth-order valence-corrected chi connectivity index (χ4v) is 3.05. The van der Waals surface area contributed by atoms with Gasteiger partial charge in [0.15, 0.2) is 0 Å². The summed E-state index contributed by atoms with van der Waals surface area (Å²) in [5, 5.41) is 12.8. The van der Waals surface area contributed by atoms with Gasteiger partial charge in [-0.15, -0.1) is 0 Å². The summed E-state index contributed by atoms with van der Waals surface area (Å²) in [6.45, 7) is 7.68. The van der Waals surface area contributed by atoms with E-state index in [1.165, 1.54) is 11.3 Å². The van der Waals surface area contributed by atoms with Crippen molar-refractivity contribution in [1.82, 2.24) is 5.32 Å². The highest BCUT2D eigenvalue weighted by molar-refractivity contribution is 9.10. The molecular weight excluding hydrogens is 332 g/mol. The van der Waals surface area contributed by atoms with Gasteiger partial charge in [0, 0.05) is 29.3 Å². The number of nitrogens with zero attached hydrogens (tertiary/aromatic N) is 1. The molecule has 2 atom stereocenters. The molecule has 0 radical (unpaired) electrons. The summed E-state index contributed by atoms with van der Waals surface area (Å²) in [6, 6.07) is 6.73. The lowest BCUT2D eigenvalue weighted by molar-refractivity contribution is -0.0103. The van der Waals surface area contributed by atoms with Gasteiger partial charge < -0.3 is 20.1 Å². The van der Waals surface area contributed by atoms with Crippen LogP contribution in [-0.4, -0.2) is 43.6 Å². The van der Waals surface area contributed by atoms with Crippen molar-refractivity contribution >= 4 is 21.6 Å². The van der Waals surface area contributed by atoms with Gasteiger partial charge in [-0.2, -0.15) is 0 Å². The van der Waals surface area contributed by atoms with Gasteiger partial charge in [-0.05, 0) is 43.7 Å².